The van der Waals surface area contributed by atoms with E-state index in [2.05, 4.69) is 0 Å². The highest BCUT2D eigenvalue weighted by molar-refractivity contribution is 6.15. The van der Waals surface area contributed by atoms with E-state index in [-0.39, 0.29) is 34.9 Å². The van der Waals surface area contributed by atoms with Crippen LogP contribution < -0.4 is 0 Å². The van der Waals surface area contributed by atoms with Crippen molar-refractivity contribution in [1.82, 2.24) is 4.90 Å². The molecule has 0 aromatic heterocycles. The number of ketones is 1. The van der Waals surface area contributed by atoms with Crippen LogP contribution in [0.25, 0.3) is 0 Å². The number of hydrogen-bond acceptors (Lipinski definition) is 3. The summed E-state index contributed by atoms with van der Waals surface area (Å²) in [5, 5.41) is 9.07. The van der Waals surface area contributed by atoms with Crippen molar-refractivity contribution in [2.24, 2.45) is 5.92 Å². The molecule has 1 aliphatic heterocycles. The molecule has 0 spiro atoms. The van der Waals surface area contributed by atoms with Gasteiger partial charge in [-0.25, -0.2) is 4.39 Å². The van der Waals surface area contributed by atoms with E-state index >= 15 is 0 Å². The van der Waals surface area contributed by atoms with Crippen LogP contribution in [0.1, 0.15) is 32.7 Å². The first-order valence-corrected chi connectivity index (χ1v) is 7.88. The van der Waals surface area contributed by atoms with Crippen LogP contribution in [-0.4, -0.2) is 40.8 Å². The van der Waals surface area contributed by atoms with Crippen molar-refractivity contribution in [2.75, 3.05) is 13.1 Å². The largest absolute Gasteiger partial charge is 0.481 e. The minimum Gasteiger partial charge on any atom is -0.481 e. The second-order valence-corrected chi connectivity index (χ2v) is 5.96. The summed E-state index contributed by atoms with van der Waals surface area (Å²) < 4.78 is 13.0. The molecule has 0 aliphatic carbocycles. The fourth-order valence-electron chi connectivity index (χ4n) is 2.94. The number of halogens is 1. The Hall–Kier alpha value is -3.02. The molecule has 0 unspecified atom stereocenters. The van der Waals surface area contributed by atoms with Gasteiger partial charge in [0.2, 0.25) is 0 Å². The average molecular weight is 341 g/mol. The lowest BCUT2D eigenvalue weighted by molar-refractivity contribution is -0.141. The molecule has 0 radical (unpaired) electrons. The molecular formula is C19H16FNO4. The topological polar surface area (TPSA) is 74.7 Å². The molecular weight excluding hydrogens is 325 g/mol. The molecule has 1 atom stereocenters. The molecule has 6 heteroatoms. The van der Waals surface area contributed by atoms with Crippen molar-refractivity contribution < 1.29 is 23.9 Å². The lowest BCUT2D eigenvalue weighted by Crippen LogP contribution is -2.31. The van der Waals surface area contributed by atoms with Gasteiger partial charge in [0.05, 0.1) is 11.5 Å². The normalized spacial score (nSPS) is 16.7. The Morgan fingerprint density at radius 2 is 1.64 bits per heavy atom. The summed E-state index contributed by atoms with van der Waals surface area (Å²) in [4.78, 5) is 38.0. The van der Waals surface area contributed by atoms with Gasteiger partial charge in [-0.15, -0.1) is 0 Å². The third-order valence-electron chi connectivity index (χ3n) is 4.33. The number of nitrogens with zero attached hydrogens (tertiary/aromatic N) is 1. The van der Waals surface area contributed by atoms with Gasteiger partial charge in [0, 0.05) is 24.2 Å². The summed E-state index contributed by atoms with van der Waals surface area (Å²) in [5.41, 5.74) is 0.729. The highest BCUT2D eigenvalue weighted by atomic mass is 19.1. The van der Waals surface area contributed by atoms with Gasteiger partial charge in [0.15, 0.2) is 5.78 Å². The Morgan fingerprint density at radius 3 is 2.24 bits per heavy atom. The number of benzene rings is 2. The van der Waals surface area contributed by atoms with Gasteiger partial charge in [-0.05, 0) is 36.8 Å². The molecule has 1 N–H and O–H groups in total. The van der Waals surface area contributed by atoms with Gasteiger partial charge in [-0.2, -0.15) is 0 Å². The summed E-state index contributed by atoms with van der Waals surface area (Å²) in [6.07, 6.45) is 0.398. The molecule has 3 rings (SSSR count). The SMILES string of the molecule is O=C(c1ccc(F)cc1)c1ccccc1C(=O)N1CC[C@@H](C(=O)O)C1. The predicted octanol–water partition coefficient (Wildman–Crippen LogP) is 2.60. The van der Waals surface area contributed by atoms with Crippen molar-refractivity contribution >= 4 is 17.7 Å². The number of carboxylic acids is 1. The third-order valence-corrected chi connectivity index (χ3v) is 4.33. The van der Waals surface area contributed by atoms with E-state index in [1.165, 1.54) is 29.2 Å². The van der Waals surface area contributed by atoms with E-state index < -0.39 is 17.7 Å². The predicted molar refractivity (Wildman–Crippen MR) is 87.9 cm³/mol. The summed E-state index contributed by atoms with van der Waals surface area (Å²) >= 11 is 0. The van der Waals surface area contributed by atoms with Crippen LogP contribution in [0.2, 0.25) is 0 Å². The molecule has 5 nitrogen and oxygen atoms in total. The van der Waals surface area contributed by atoms with Gasteiger partial charge in [-0.3, -0.25) is 14.4 Å². The first-order chi connectivity index (χ1) is 12.0. The molecule has 2 aromatic rings. The van der Waals surface area contributed by atoms with Gasteiger partial charge in [-0.1, -0.05) is 18.2 Å². The second-order valence-electron chi connectivity index (χ2n) is 5.96. The van der Waals surface area contributed by atoms with Crippen LogP contribution in [-0.2, 0) is 4.79 Å². The van der Waals surface area contributed by atoms with Crippen LogP contribution in [0.5, 0.6) is 0 Å². The monoisotopic (exact) mass is 341 g/mol. The van der Waals surface area contributed by atoms with Crippen molar-refractivity contribution in [3.05, 3.63) is 71.0 Å². The van der Waals surface area contributed by atoms with Crippen molar-refractivity contribution in [3.8, 4) is 0 Å². The lowest BCUT2D eigenvalue weighted by atomic mass is 9.97. The summed E-state index contributed by atoms with van der Waals surface area (Å²) in [6, 6.07) is 11.5. The van der Waals surface area contributed by atoms with E-state index in [4.69, 9.17) is 5.11 Å². The van der Waals surface area contributed by atoms with E-state index in [0.717, 1.165) is 0 Å². The summed E-state index contributed by atoms with van der Waals surface area (Å²) in [5.74, 6) is -2.69. The van der Waals surface area contributed by atoms with Crippen LogP contribution in [0, 0.1) is 11.7 Å². The fourth-order valence-corrected chi connectivity index (χ4v) is 2.94. The number of carbonyl (C=O) groups excluding carboxylic acids is 2. The van der Waals surface area contributed by atoms with Gasteiger partial charge in [0.25, 0.3) is 5.91 Å². The molecule has 1 heterocycles. The molecule has 2 aromatic carbocycles. The van der Waals surface area contributed by atoms with Crippen LogP contribution in [0.15, 0.2) is 48.5 Å². The van der Waals surface area contributed by atoms with E-state index in [9.17, 15) is 18.8 Å². The Kier molecular flexibility index (Phi) is 4.61. The first kappa shape index (κ1) is 16.8. The third kappa shape index (κ3) is 3.42. The highest BCUT2D eigenvalue weighted by Crippen LogP contribution is 2.22. The fraction of sp³-hybridized carbons (Fsp3) is 0.211. The smallest absolute Gasteiger partial charge is 0.308 e. The average Bonchev–Trinajstić information content (AvgIpc) is 3.11. The Labute approximate surface area is 143 Å². The second kappa shape index (κ2) is 6.84. The van der Waals surface area contributed by atoms with Crippen LogP contribution in [0.4, 0.5) is 4.39 Å². The molecule has 1 aliphatic rings. The zero-order chi connectivity index (χ0) is 18.0. The standard InChI is InChI=1S/C19H16FNO4/c20-14-7-5-12(6-8-14)17(22)15-3-1-2-4-16(15)18(23)21-10-9-13(11-21)19(24)25/h1-8,13H,9-11H2,(H,24,25)/t13-/m1/s1. The Balaban J connectivity index is 1.88. The highest BCUT2D eigenvalue weighted by Gasteiger charge is 2.32. The van der Waals surface area contributed by atoms with Crippen molar-refractivity contribution in [2.45, 2.75) is 6.42 Å². The van der Waals surface area contributed by atoms with Gasteiger partial charge < -0.3 is 10.0 Å². The molecule has 1 saturated heterocycles. The number of rotatable bonds is 4. The van der Waals surface area contributed by atoms with Crippen molar-refractivity contribution in [1.29, 1.82) is 0 Å². The quantitative estimate of drug-likeness (QED) is 0.868. The summed E-state index contributed by atoms with van der Waals surface area (Å²) in [7, 11) is 0. The maximum Gasteiger partial charge on any atom is 0.308 e. The van der Waals surface area contributed by atoms with Crippen molar-refractivity contribution in [3.63, 3.8) is 0 Å². The number of hydrogen-bond donors (Lipinski definition) is 1. The molecule has 0 saturated carbocycles. The molecule has 1 fully saturated rings. The number of likely N-dealkylation sites (tertiary alicyclic amines) is 1. The van der Waals surface area contributed by atoms with E-state index in [0.29, 0.717) is 13.0 Å². The number of carbonyl (C=O) groups is 3. The van der Waals surface area contributed by atoms with E-state index in [1.807, 2.05) is 0 Å². The maximum absolute atomic E-state index is 13.0. The zero-order valence-electron chi connectivity index (χ0n) is 13.3. The zero-order valence-corrected chi connectivity index (χ0v) is 13.3. The van der Waals surface area contributed by atoms with E-state index in [1.54, 1.807) is 24.3 Å². The Morgan fingerprint density at radius 1 is 1.00 bits per heavy atom. The number of carboxylic acid groups (broad SMARTS) is 1. The van der Waals surface area contributed by atoms with Crippen LogP contribution in [0.3, 0.4) is 0 Å². The minimum absolute atomic E-state index is 0.132. The lowest BCUT2D eigenvalue weighted by Gasteiger charge is -2.17. The number of aliphatic carboxylic acids is 1. The summed E-state index contributed by atoms with van der Waals surface area (Å²) in [6.45, 7) is 0.474. The van der Waals surface area contributed by atoms with Gasteiger partial charge in [0.1, 0.15) is 5.82 Å². The molecule has 1 amide bonds. The number of amides is 1. The Bertz CT molecular complexity index is 832. The molecule has 0 bridgehead atoms. The maximum atomic E-state index is 13.0. The minimum atomic E-state index is -0.925. The van der Waals surface area contributed by atoms with Crippen LogP contribution >= 0.6 is 0 Å². The first-order valence-electron chi connectivity index (χ1n) is 7.88. The molecule has 25 heavy (non-hydrogen) atoms. The molecule has 128 valence electrons. The van der Waals surface area contributed by atoms with Gasteiger partial charge >= 0.3 is 5.97 Å².